The van der Waals surface area contributed by atoms with Gasteiger partial charge in [0.25, 0.3) is 0 Å². The zero-order valence-corrected chi connectivity index (χ0v) is 24.1. The topological polar surface area (TPSA) is 96.4 Å². The molecule has 0 radical (unpaired) electrons. The van der Waals surface area contributed by atoms with E-state index in [9.17, 15) is 19.5 Å². The normalized spacial score (nSPS) is 26.7. The number of aryl methyl sites for hydroxylation is 1. The Morgan fingerprint density at radius 1 is 1.02 bits per heavy atom. The highest BCUT2D eigenvalue weighted by molar-refractivity contribution is 6.30. The zero-order chi connectivity index (χ0) is 28.7. The van der Waals surface area contributed by atoms with Crippen LogP contribution in [0.15, 0.2) is 36.4 Å². The van der Waals surface area contributed by atoms with Crippen molar-refractivity contribution in [3.63, 3.8) is 0 Å². The van der Waals surface area contributed by atoms with E-state index in [1.165, 1.54) is 16.0 Å². The minimum atomic E-state index is -0.674. The number of piperidine rings is 1. The lowest BCUT2D eigenvalue weighted by Gasteiger charge is -2.35. The molecule has 3 aliphatic carbocycles. The molecule has 2 amide bonds. The predicted molar refractivity (Wildman–Crippen MR) is 153 cm³/mol. The number of benzene rings is 2. The number of carboxylic acid groups (broad SMARTS) is 1. The van der Waals surface area contributed by atoms with Crippen LogP contribution in [-0.4, -0.2) is 59.5 Å². The number of carbonyl (C=O) groups is 3. The Balaban J connectivity index is 1.14. The smallest absolute Gasteiger partial charge is 0.306 e. The van der Waals surface area contributed by atoms with Gasteiger partial charge in [-0.15, -0.1) is 0 Å². The number of carbonyl (C=O) groups excluding carboxylic acids is 2. The minimum absolute atomic E-state index is 0.0711. The van der Waals surface area contributed by atoms with Crippen LogP contribution in [-0.2, 0) is 27.3 Å². The number of fused-ring (bicyclic) bond motifs is 2. The molecule has 9 heteroatoms. The summed E-state index contributed by atoms with van der Waals surface area (Å²) in [7, 11) is 1.61. The molecule has 4 aliphatic rings. The van der Waals surface area contributed by atoms with Gasteiger partial charge in [0.1, 0.15) is 6.61 Å². The van der Waals surface area contributed by atoms with Crippen LogP contribution in [0.4, 0.5) is 0 Å². The average Bonchev–Trinajstić information content (AvgIpc) is 3.61. The summed E-state index contributed by atoms with van der Waals surface area (Å²) in [5.74, 6) is 0.408. The van der Waals surface area contributed by atoms with E-state index >= 15 is 0 Å². The molecule has 218 valence electrons. The number of rotatable bonds is 11. The molecule has 0 bridgehead atoms. The number of amides is 2. The lowest BCUT2D eigenvalue weighted by molar-refractivity contribution is -0.143. The van der Waals surface area contributed by atoms with E-state index in [0.717, 1.165) is 62.2 Å². The summed E-state index contributed by atoms with van der Waals surface area (Å²) in [6, 6.07) is 12.4. The van der Waals surface area contributed by atoms with E-state index in [1.54, 1.807) is 7.11 Å². The van der Waals surface area contributed by atoms with Gasteiger partial charge in [-0.2, -0.15) is 0 Å². The van der Waals surface area contributed by atoms with Crippen LogP contribution >= 0.6 is 11.6 Å². The van der Waals surface area contributed by atoms with Crippen molar-refractivity contribution in [3.8, 4) is 11.5 Å². The largest absolute Gasteiger partial charge is 0.493 e. The maximum Gasteiger partial charge on any atom is 0.306 e. The van der Waals surface area contributed by atoms with Crippen LogP contribution in [0.3, 0.4) is 0 Å². The number of halogens is 1. The molecule has 0 aromatic heterocycles. The molecule has 0 unspecified atom stereocenters. The number of aliphatic carboxylic acids is 1. The van der Waals surface area contributed by atoms with Gasteiger partial charge in [0.05, 0.1) is 31.4 Å². The van der Waals surface area contributed by atoms with E-state index in [1.807, 2.05) is 24.3 Å². The van der Waals surface area contributed by atoms with Gasteiger partial charge in [0, 0.05) is 24.2 Å². The number of imide groups is 1. The molecule has 3 fully saturated rings. The summed E-state index contributed by atoms with van der Waals surface area (Å²) in [4.78, 5) is 39.9. The Morgan fingerprint density at radius 3 is 2.49 bits per heavy atom. The number of carboxylic acids is 1. The van der Waals surface area contributed by atoms with E-state index in [4.69, 9.17) is 21.1 Å². The van der Waals surface area contributed by atoms with Crippen LogP contribution < -0.4 is 9.47 Å². The molecule has 41 heavy (non-hydrogen) atoms. The van der Waals surface area contributed by atoms with Gasteiger partial charge in [-0.1, -0.05) is 23.7 Å². The standard InChI is InChI=1S/C32H37ClN2O6/c1-40-29-14-20(4-11-28(29)41-13-12-35-30(36)25-16-26(25)31(35)37)18-34(17-19-2-5-21(6-3-19)32(38)39)27-10-7-22-15-23(33)8-9-24(22)27/h4,8-9,11,14-15,19,21,25-27H,2-3,5-7,10,12-13,16-18H2,1H3,(H,38,39)/t19?,21?,25-,26+,27-/m0/s1. The number of methoxy groups -OCH3 is 1. The van der Waals surface area contributed by atoms with Crippen LogP contribution in [0.1, 0.15) is 61.3 Å². The third-order valence-electron chi connectivity index (χ3n) is 9.42. The summed E-state index contributed by atoms with van der Waals surface area (Å²) >= 11 is 6.30. The second kappa shape index (κ2) is 11.6. The highest BCUT2D eigenvalue weighted by Crippen LogP contribution is 2.47. The van der Waals surface area contributed by atoms with Crippen molar-refractivity contribution in [2.45, 2.75) is 57.5 Å². The van der Waals surface area contributed by atoms with Crippen LogP contribution in [0.2, 0.25) is 5.02 Å². The summed E-state index contributed by atoms with van der Waals surface area (Å²) in [5, 5.41) is 10.2. The van der Waals surface area contributed by atoms with Gasteiger partial charge in [-0.3, -0.25) is 24.2 Å². The van der Waals surface area contributed by atoms with Crippen LogP contribution in [0, 0.1) is 23.7 Å². The average molecular weight is 581 g/mol. The van der Waals surface area contributed by atoms with Gasteiger partial charge >= 0.3 is 5.97 Å². The van der Waals surface area contributed by atoms with E-state index in [2.05, 4.69) is 17.0 Å². The number of hydrogen-bond acceptors (Lipinski definition) is 6. The van der Waals surface area contributed by atoms with Crippen molar-refractivity contribution in [1.29, 1.82) is 0 Å². The molecule has 2 aromatic carbocycles. The Hall–Kier alpha value is -3.10. The van der Waals surface area contributed by atoms with Crippen molar-refractivity contribution < 1.29 is 29.0 Å². The predicted octanol–water partition coefficient (Wildman–Crippen LogP) is 5.11. The molecule has 1 heterocycles. The molecule has 2 saturated carbocycles. The second-order valence-corrected chi connectivity index (χ2v) is 12.4. The fourth-order valence-electron chi connectivity index (χ4n) is 7.05. The van der Waals surface area contributed by atoms with Gasteiger partial charge in [-0.05, 0) is 91.8 Å². The van der Waals surface area contributed by atoms with Crippen molar-refractivity contribution in [1.82, 2.24) is 9.80 Å². The SMILES string of the molecule is COc1cc(CN(CC2CCC(C(=O)O)CC2)[C@H]2CCc3cc(Cl)ccc32)ccc1OCCN1C(=O)[C@H]2C[C@H]2C1=O. The highest BCUT2D eigenvalue weighted by Gasteiger charge is 2.58. The van der Waals surface area contributed by atoms with Gasteiger partial charge in [-0.25, -0.2) is 0 Å². The fraction of sp³-hybridized carbons (Fsp3) is 0.531. The summed E-state index contributed by atoms with van der Waals surface area (Å²) in [6.45, 7) is 2.10. The molecular formula is C32H37ClN2O6. The van der Waals surface area contributed by atoms with E-state index < -0.39 is 5.97 Å². The molecular weight excluding hydrogens is 544 g/mol. The van der Waals surface area contributed by atoms with Gasteiger partial charge in [0.15, 0.2) is 11.5 Å². The number of likely N-dealkylation sites (tertiary alicyclic amines) is 1. The molecule has 1 N–H and O–H groups in total. The Bertz CT molecular complexity index is 1320. The molecule has 1 aliphatic heterocycles. The number of ether oxygens (including phenoxy) is 2. The first-order valence-electron chi connectivity index (χ1n) is 14.7. The second-order valence-electron chi connectivity index (χ2n) is 12.0. The Labute approximate surface area is 245 Å². The van der Waals surface area contributed by atoms with Crippen molar-refractivity contribution in [2.75, 3.05) is 26.8 Å². The lowest BCUT2D eigenvalue weighted by atomic mass is 9.81. The van der Waals surface area contributed by atoms with E-state index in [0.29, 0.717) is 23.8 Å². The summed E-state index contributed by atoms with van der Waals surface area (Å²) in [5.41, 5.74) is 3.72. The third-order valence-corrected chi connectivity index (χ3v) is 9.66. The monoisotopic (exact) mass is 580 g/mol. The first kappa shape index (κ1) is 28.0. The molecule has 8 nitrogen and oxygen atoms in total. The quantitative estimate of drug-likeness (QED) is 0.369. The molecule has 3 atom stereocenters. The molecule has 1 saturated heterocycles. The fourth-order valence-corrected chi connectivity index (χ4v) is 7.24. The minimum Gasteiger partial charge on any atom is -0.493 e. The van der Waals surface area contributed by atoms with Crippen molar-refractivity contribution >= 4 is 29.4 Å². The summed E-state index contributed by atoms with van der Waals surface area (Å²) in [6.07, 6.45) is 6.03. The van der Waals surface area contributed by atoms with Crippen molar-refractivity contribution in [2.24, 2.45) is 23.7 Å². The maximum atomic E-state index is 12.2. The van der Waals surface area contributed by atoms with Gasteiger partial charge < -0.3 is 14.6 Å². The maximum absolute atomic E-state index is 12.2. The lowest BCUT2D eigenvalue weighted by Crippen LogP contribution is -2.36. The van der Waals surface area contributed by atoms with Crippen LogP contribution in [0.5, 0.6) is 11.5 Å². The van der Waals surface area contributed by atoms with Crippen LogP contribution in [0.25, 0.3) is 0 Å². The number of hydrogen-bond donors (Lipinski definition) is 1. The molecule has 6 rings (SSSR count). The third kappa shape index (κ3) is 5.82. The Kier molecular flexibility index (Phi) is 7.97. The zero-order valence-electron chi connectivity index (χ0n) is 23.4. The van der Waals surface area contributed by atoms with Crippen molar-refractivity contribution in [3.05, 3.63) is 58.1 Å². The summed E-state index contributed by atoms with van der Waals surface area (Å²) < 4.78 is 11.6. The first-order valence-corrected chi connectivity index (χ1v) is 15.1. The molecule has 2 aromatic rings. The molecule has 0 spiro atoms. The van der Waals surface area contributed by atoms with E-state index in [-0.39, 0.29) is 48.8 Å². The highest BCUT2D eigenvalue weighted by atomic mass is 35.5. The van der Waals surface area contributed by atoms with Gasteiger partial charge in [0.2, 0.25) is 11.8 Å². The number of nitrogens with zero attached hydrogens (tertiary/aromatic N) is 2. The Morgan fingerprint density at radius 2 is 1.78 bits per heavy atom. The first-order chi connectivity index (χ1) is 19.8.